The second kappa shape index (κ2) is 8.94. The summed E-state index contributed by atoms with van der Waals surface area (Å²) in [4.78, 5) is 0. The minimum atomic E-state index is -0.363. The maximum atomic E-state index is 4.34. The molecule has 0 saturated heterocycles. The molecule has 0 spiro atoms. The van der Waals surface area contributed by atoms with Crippen LogP contribution in [-0.2, 0) is 14.9 Å². The summed E-state index contributed by atoms with van der Waals surface area (Å²) >= 11 is -0.363. The predicted molar refractivity (Wildman–Crippen MR) is 20.2 cm³/mol. The van der Waals surface area contributed by atoms with Crippen molar-refractivity contribution in [2.45, 2.75) is 0 Å². The van der Waals surface area contributed by atoms with Gasteiger partial charge in [0.2, 0.25) is 0 Å². The van der Waals surface area contributed by atoms with Crippen molar-refractivity contribution >= 4 is 19.6 Å². The second-order valence-electron chi connectivity index (χ2n) is 0.0680. The van der Waals surface area contributed by atoms with Gasteiger partial charge in [-0.15, -0.1) is 0 Å². The summed E-state index contributed by atoms with van der Waals surface area (Å²) in [6, 6.07) is 0. The molecule has 4 heavy (non-hydrogen) atoms. The molecule has 0 unspecified atom stereocenters. The molecule has 0 fully saturated rings. The van der Waals surface area contributed by atoms with E-state index >= 15 is 0 Å². The zero-order valence-corrected chi connectivity index (χ0v) is 5.57. The average Bonchev–Trinajstić information content (AvgIpc) is 0.918. The van der Waals surface area contributed by atoms with Crippen molar-refractivity contribution in [2.24, 2.45) is 0 Å². The Balaban J connectivity index is 0. The van der Waals surface area contributed by atoms with E-state index in [9.17, 15) is 0 Å². The van der Waals surface area contributed by atoms with Gasteiger partial charge < -0.3 is 6.15 Å². The first-order valence-corrected chi connectivity index (χ1v) is 5.92. The van der Waals surface area contributed by atoms with Crippen molar-refractivity contribution in [3.05, 3.63) is 0 Å². The van der Waals surface area contributed by atoms with Gasteiger partial charge >= 0.3 is 34.6 Å². The van der Waals surface area contributed by atoms with Gasteiger partial charge in [-0.25, -0.2) is 0 Å². The van der Waals surface area contributed by atoms with E-state index in [1.165, 1.54) is 0 Å². The molecule has 0 aliphatic heterocycles. The van der Waals surface area contributed by atoms with Crippen LogP contribution in [0.3, 0.4) is 0 Å². The molecule has 0 radical (unpaired) electrons. The van der Waals surface area contributed by atoms with Crippen molar-refractivity contribution in [2.75, 3.05) is 0 Å². The van der Waals surface area contributed by atoms with Crippen LogP contribution in [0, 0.1) is 0 Å². The quantitative estimate of drug-likeness (QED) is 0.569. The fraction of sp³-hybridized carbons (Fsp3) is 0. The van der Waals surface area contributed by atoms with Crippen LogP contribution in [0.5, 0.6) is 0 Å². The molecule has 0 aliphatic carbocycles. The Labute approximate surface area is 40.8 Å². The van der Waals surface area contributed by atoms with Crippen LogP contribution >= 0.6 is 19.6 Å². The van der Waals surface area contributed by atoms with Crippen LogP contribution in [-0.4, -0.2) is 0 Å². The molecule has 0 aromatic rings. The van der Waals surface area contributed by atoms with Gasteiger partial charge in [0, 0.05) is 0 Å². The van der Waals surface area contributed by atoms with E-state index in [-0.39, 0.29) is 21.1 Å². The van der Waals surface area contributed by atoms with Gasteiger partial charge in [0.15, 0.2) is 0 Å². The Hall–Kier alpha value is 1.09. The summed E-state index contributed by atoms with van der Waals surface area (Å²) in [6.45, 7) is 0. The summed E-state index contributed by atoms with van der Waals surface area (Å²) < 4.78 is 0. The van der Waals surface area contributed by atoms with Gasteiger partial charge in [0.25, 0.3) is 0 Å². The SMILES string of the molecule is N.[S]=[Mo]=[S]. The van der Waals surface area contributed by atoms with Gasteiger partial charge in [-0.3, -0.25) is 0 Å². The molecule has 0 aliphatic rings. The van der Waals surface area contributed by atoms with Crippen molar-refractivity contribution < 1.29 is 14.9 Å². The van der Waals surface area contributed by atoms with Crippen LogP contribution in [0.25, 0.3) is 0 Å². The zero-order valence-electron chi connectivity index (χ0n) is 1.93. The van der Waals surface area contributed by atoms with Crippen LogP contribution < -0.4 is 6.15 Å². The summed E-state index contributed by atoms with van der Waals surface area (Å²) in [6.07, 6.45) is 0. The third-order valence-electron chi connectivity index (χ3n) is 0. The van der Waals surface area contributed by atoms with E-state index in [2.05, 4.69) is 19.6 Å². The average molecular weight is 177 g/mol. The fourth-order valence-electron chi connectivity index (χ4n) is 0. The Kier molecular flexibility index (Phi) is 19.9. The zero-order chi connectivity index (χ0) is 2.71. The third-order valence-corrected chi connectivity index (χ3v) is 0. The Bertz CT molecular complexity index is 27.0. The molecule has 0 saturated carbocycles. The van der Waals surface area contributed by atoms with E-state index in [0.717, 1.165) is 0 Å². The number of hydrogen-bond donors (Lipinski definition) is 1. The fourth-order valence-corrected chi connectivity index (χ4v) is 0. The summed E-state index contributed by atoms with van der Waals surface area (Å²) in [5.41, 5.74) is 0. The van der Waals surface area contributed by atoms with Crippen LogP contribution in [0.2, 0.25) is 0 Å². The molecule has 0 rings (SSSR count). The molecule has 0 heterocycles. The Morgan fingerprint density at radius 1 is 1.25 bits per heavy atom. The molecule has 3 N–H and O–H groups in total. The molecule has 4 heteroatoms. The Morgan fingerprint density at radius 3 is 1.25 bits per heavy atom. The van der Waals surface area contributed by atoms with E-state index < -0.39 is 0 Å². The summed E-state index contributed by atoms with van der Waals surface area (Å²) in [5, 5.41) is 0. The van der Waals surface area contributed by atoms with E-state index in [0.29, 0.717) is 0 Å². The third kappa shape index (κ3) is 11.4. The van der Waals surface area contributed by atoms with Gasteiger partial charge in [-0.2, -0.15) is 0 Å². The van der Waals surface area contributed by atoms with Crippen molar-refractivity contribution in [1.82, 2.24) is 6.15 Å². The van der Waals surface area contributed by atoms with Gasteiger partial charge in [0.1, 0.15) is 0 Å². The maximum absolute atomic E-state index is 4.34. The molecule has 0 aromatic heterocycles. The first-order chi connectivity index (χ1) is 1.41. The van der Waals surface area contributed by atoms with Crippen molar-refractivity contribution in [1.29, 1.82) is 0 Å². The second-order valence-corrected chi connectivity index (χ2v) is 3.62. The van der Waals surface area contributed by atoms with Crippen molar-refractivity contribution in [3.8, 4) is 0 Å². The summed E-state index contributed by atoms with van der Waals surface area (Å²) in [7, 11) is 8.68. The van der Waals surface area contributed by atoms with Gasteiger partial charge in [-0.1, -0.05) is 0 Å². The first-order valence-electron chi connectivity index (χ1n) is 0.333. The molecule has 26 valence electrons. The molecular formula is H3MoNS2. The van der Waals surface area contributed by atoms with Crippen molar-refractivity contribution in [3.63, 3.8) is 0 Å². The van der Waals surface area contributed by atoms with Crippen LogP contribution in [0.15, 0.2) is 0 Å². The monoisotopic (exact) mass is 179 g/mol. The molecule has 1 nitrogen and oxygen atoms in total. The molecular weight excluding hydrogens is 174 g/mol. The standard InChI is InChI=1S/Mo.H3N.2S/h;1H3;;. The normalized spacial score (nSPS) is 3.00. The van der Waals surface area contributed by atoms with Gasteiger partial charge in [0.05, 0.1) is 0 Å². The first kappa shape index (κ1) is 8.92. The van der Waals surface area contributed by atoms with Gasteiger partial charge in [-0.05, 0) is 0 Å². The predicted octanol–water partition coefficient (Wildman–Crippen LogP) is 1.46. The number of hydrogen-bond acceptors (Lipinski definition) is 3. The molecule has 0 bridgehead atoms. The molecule has 0 amide bonds. The van der Waals surface area contributed by atoms with Crippen LogP contribution in [0.1, 0.15) is 0 Å². The topological polar surface area (TPSA) is 35.0 Å². The molecule has 0 aromatic carbocycles. The number of rotatable bonds is 0. The molecule has 0 atom stereocenters. The van der Waals surface area contributed by atoms with Crippen LogP contribution in [0.4, 0.5) is 0 Å². The minimum absolute atomic E-state index is 0. The summed E-state index contributed by atoms with van der Waals surface area (Å²) in [5.74, 6) is 0. The van der Waals surface area contributed by atoms with E-state index in [4.69, 9.17) is 0 Å². The van der Waals surface area contributed by atoms with E-state index in [1.807, 2.05) is 0 Å². The van der Waals surface area contributed by atoms with E-state index in [1.54, 1.807) is 0 Å². The Morgan fingerprint density at radius 2 is 1.25 bits per heavy atom.